The van der Waals surface area contributed by atoms with Crippen LogP contribution in [0.25, 0.3) is 0 Å². The van der Waals surface area contributed by atoms with Crippen molar-refractivity contribution in [2.45, 2.75) is 58.3 Å². The normalized spacial score (nSPS) is 10.8. The molecule has 0 aromatic heterocycles. The maximum atomic E-state index is 2.39. The van der Waals surface area contributed by atoms with Crippen molar-refractivity contribution in [1.29, 1.82) is 0 Å². The van der Waals surface area contributed by atoms with E-state index in [9.17, 15) is 0 Å². The topological polar surface area (TPSA) is 0 Å². The molecule has 76 valence electrons. The van der Waals surface area contributed by atoms with Gasteiger partial charge in [-0.1, -0.05) is 0 Å². The van der Waals surface area contributed by atoms with Crippen molar-refractivity contribution in [3.63, 3.8) is 0 Å². The first-order valence-electron chi connectivity index (χ1n) is 5.35. The van der Waals surface area contributed by atoms with Crippen LogP contribution in [0.1, 0.15) is 58.3 Å². The van der Waals surface area contributed by atoms with Crippen LogP contribution in [0.4, 0.5) is 0 Å². The molecule has 0 bridgehead atoms. The van der Waals surface area contributed by atoms with Gasteiger partial charge in [-0.2, -0.15) is 0 Å². The van der Waals surface area contributed by atoms with Gasteiger partial charge in [-0.15, -0.1) is 0 Å². The van der Waals surface area contributed by atoms with Gasteiger partial charge in [0, 0.05) is 0 Å². The number of alkyl halides is 2. The van der Waals surface area contributed by atoms with Gasteiger partial charge in [0.15, 0.2) is 0 Å². The van der Waals surface area contributed by atoms with Gasteiger partial charge in [0.25, 0.3) is 0 Å². The summed E-state index contributed by atoms with van der Waals surface area (Å²) >= 11 is 0.575. The third-order valence-electron chi connectivity index (χ3n) is 2.18. The Balaban J connectivity index is 2.73. The van der Waals surface area contributed by atoms with Gasteiger partial charge in [0.2, 0.25) is 0 Å². The molecule has 0 aliphatic rings. The molecule has 1 heteroatoms. The van der Waals surface area contributed by atoms with Gasteiger partial charge in [-0.05, 0) is 0 Å². The molecule has 0 amide bonds. The van der Waals surface area contributed by atoms with Crippen molar-refractivity contribution in [2.24, 2.45) is 0 Å². The molecule has 0 aromatic carbocycles. The zero-order chi connectivity index (χ0) is 9.07. The molecule has 0 saturated carbocycles. The Morgan fingerprint density at radius 1 is 0.750 bits per heavy atom. The van der Waals surface area contributed by atoms with Crippen LogP contribution < -0.4 is 21.2 Å². The van der Waals surface area contributed by atoms with Gasteiger partial charge in [-0.25, -0.2) is 0 Å². The molecule has 0 radical (unpaired) electrons. The first kappa shape index (κ1) is 12.7. The maximum absolute atomic E-state index is 2.39. The number of hydrogen-bond donors (Lipinski definition) is 0. The zero-order valence-corrected chi connectivity index (χ0v) is 10.9. The van der Waals surface area contributed by atoms with E-state index in [0.29, 0.717) is 21.2 Å². The van der Waals surface area contributed by atoms with Crippen molar-refractivity contribution in [3.8, 4) is 0 Å². The Kier molecular flexibility index (Phi) is 12.4. The van der Waals surface area contributed by atoms with E-state index in [0.717, 1.165) is 0 Å². The van der Waals surface area contributed by atoms with E-state index >= 15 is 0 Å². The van der Waals surface area contributed by atoms with Gasteiger partial charge >= 0.3 is 88.9 Å². The minimum atomic E-state index is 0.575. The van der Waals surface area contributed by atoms with Gasteiger partial charge in [0.1, 0.15) is 0 Å². The standard InChI is InChI=1S/C11H24I/c1-3-4-5-6-7-8-9-10-11-12-2/h3-11H2,1-2H3/q-1. The van der Waals surface area contributed by atoms with Crippen LogP contribution in [0.15, 0.2) is 0 Å². The predicted octanol–water partition coefficient (Wildman–Crippen LogP) is 0.846. The van der Waals surface area contributed by atoms with Crippen LogP contribution in [0.5, 0.6) is 0 Å². The number of halogens is 1. The van der Waals surface area contributed by atoms with Crippen LogP contribution in [-0.4, -0.2) is 9.36 Å². The second-order valence-electron chi connectivity index (χ2n) is 3.43. The Labute approximate surface area is 88.8 Å². The molecule has 0 aliphatic heterocycles. The molecule has 0 rings (SSSR count). The van der Waals surface area contributed by atoms with Crippen molar-refractivity contribution in [3.05, 3.63) is 0 Å². The molecule has 0 unspecified atom stereocenters. The summed E-state index contributed by atoms with van der Waals surface area (Å²) in [6.45, 7) is 2.28. The molecule has 0 N–H and O–H groups in total. The van der Waals surface area contributed by atoms with Crippen LogP contribution in [0.3, 0.4) is 0 Å². The van der Waals surface area contributed by atoms with Crippen molar-refractivity contribution in [1.82, 2.24) is 0 Å². The molecule has 0 heterocycles. The fraction of sp³-hybridized carbons (Fsp3) is 1.00. The fourth-order valence-corrected chi connectivity index (χ4v) is 2.66. The Morgan fingerprint density at radius 3 is 1.75 bits per heavy atom. The van der Waals surface area contributed by atoms with Gasteiger partial charge < -0.3 is 0 Å². The summed E-state index contributed by atoms with van der Waals surface area (Å²) in [5, 5.41) is 0. The summed E-state index contributed by atoms with van der Waals surface area (Å²) < 4.78 is 1.55. The molecule has 0 spiro atoms. The fourth-order valence-electron chi connectivity index (χ4n) is 1.36. The average Bonchev–Trinajstić information content (AvgIpc) is 2.10. The van der Waals surface area contributed by atoms with Gasteiger partial charge in [-0.3, -0.25) is 0 Å². The average molecular weight is 283 g/mol. The summed E-state index contributed by atoms with van der Waals surface area (Å²) in [7, 11) is 0. The van der Waals surface area contributed by atoms with E-state index < -0.39 is 0 Å². The van der Waals surface area contributed by atoms with Crippen LogP contribution in [0.2, 0.25) is 0 Å². The summed E-state index contributed by atoms with van der Waals surface area (Å²) in [5.74, 6) is 0. The monoisotopic (exact) mass is 283 g/mol. The third kappa shape index (κ3) is 10.7. The third-order valence-corrected chi connectivity index (χ3v) is 4.02. The molecule has 0 aliphatic carbocycles. The summed E-state index contributed by atoms with van der Waals surface area (Å²) in [6, 6.07) is 0. The van der Waals surface area contributed by atoms with E-state index in [-0.39, 0.29) is 0 Å². The second kappa shape index (κ2) is 11.7. The molecule has 0 nitrogen and oxygen atoms in total. The molecule has 0 fully saturated rings. The number of unbranched alkanes of at least 4 members (excludes halogenated alkanes) is 7. The van der Waals surface area contributed by atoms with Crippen LogP contribution >= 0.6 is 0 Å². The minimum absolute atomic E-state index is 0.575. The van der Waals surface area contributed by atoms with E-state index in [1.54, 1.807) is 4.43 Å². The second-order valence-corrected chi connectivity index (χ2v) is 6.04. The van der Waals surface area contributed by atoms with E-state index in [1.165, 1.54) is 51.4 Å². The quantitative estimate of drug-likeness (QED) is 0.334. The van der Waals surface area contributed by atoms with E-state index in [2.05, 4.69) is 11.9 Å². The van der Waals surface area contributed by atoms with Crippen molar-refractivity contribution >= 4 is 0 Å². The summed E-state index contributed by atoms with van der Waals surface area (Å²) in [6.07, 6.45) is 11.8. The Hall–Kier alpha value is 0.730. The first-order chi connectivity index (χ1) is 5.91. The van der Waals surface area contributed by atoms with E-state index in [4.69, 9.17) is 0 Å². The molecule has 0 saturated heterocycles. The molecular weight excluding hydrogens is 259 g/mol. The van der Waals surface area contributed by atoms with Gasteiger partial charge in [0.05, 0.1) is 0 Å². The van der Waals surface area contributed by atoms with E-state index in [1.807, 2.05) is 0 Å². The molecule has 0 atom stereocenters. The zero-order valence-electron chi connectivity index (χ0n) is 8.74. The summed E-state index contributed by atoms with van der Waals surface area (Å²) in [5.41, 5.74) is 0. The molecular formula is C11H24I-. The SMILES string of the molecule is CCCCCCCCCC[I-]C. The molecule has 0 aromatic rings. The Bertz CT molecular complexity index is 61.4. The summed E-state index contributed by atoms with van der Waals surface area (Å²) in [4.78, 5) is 2.39. The van der Waals surface area contributed by atoms with Crippen molar-refractivity contribution < 1.29 is 21.2 Å². The first-order valence-corrected chi connectivity index (χ1v) is 9.04. The molecule has 12 heavy (non-hydrogen) atoms. The number of hydrogen-bond acceptors (Lipinski definition) is 0. The van der Waals surface area contributed by atoms with Crippen LogP contribution in [-0.2, 0) is 0 Å². The van der Waals surface area contributed by atoms with Crippen molar-refractivity contribution in [2.75, 3.05) is 9.36 Å². The Morgan fingerprint density at radius 2 is 1.25 bits per heavy atom. The number of rotatable bonds is 9. The van der Waals surface area contributed by atoms with Crippen LogP contribution in [0, 0.1) is 0 Å². The predicted molar refractivity (Wildman–Crippen MR) is 53.4 cm³/mol.